The number of hydrogen-bond acceptors (Lipinski definition) is 4. The van der Waals surface area contributed by atoms with E-state index in [2.05, 4.69) is 39.5 Å². The summed E-state index contributed by atoms with van der Waals surface area (Å²) in [5, 5.41) is 0. The molecule has 0 aromatic carbocycles. The predicted molar refractivity (Wildman–Crippen MR) is 110 cm³/mol. The van der Waals surface area contributed by atoms with E-state index in [9.17, 15) is 9.59 Å². The van der Waals surface area contributed by atoms with Crippen molar-refractivity contribution in [3.8, 4) is 0 Å². The van der Waals surface area contributed by atoms with Crippen molar-refractivity contribution in [2.75, 3.05) is 46.4 Å². The smallest absolute Gasteiger partial charge is 0.251 e. The number of carbonyl (C=O) groups excluding carboxylic acids is 2. The Labute approximate surface area is 170 Å². The lowest BCUT2D eigenvalue weighted by atomic mass is 9.86. The number of likely N-dealkylation sites (tertiary alicyclic amines) is 1. The van der Waals surface area contributed by atoms with Gasteiger partial charge in [-0.05, 0) is 29.6 Å². The van der Waals surface area contributed by atoms with Gasteiger partial charge in [-0.15, -0.1) is 0 Å². The van der Waals surface area contributed by atoms with Gasteiger partial charge >= 0.3 is 0 Å². The molecular formula is C22H39N3O3. The number of carbonyl (C=O) groups is 2. The molecule has 2 saturated heterocycles. The topological polar surface area (TPSA) is 53.1 Å². The SMILES string of the molecule is CO[C@H]1CCN(CC(C)(C)CC2CC2N2CCN(CC(C)(C)C)C(=O)C2)C1=O. The van der Waals surface area contributed by atoms with Crippen LogP contribution in [0, 0.1) is 16.7 Å². The van der Waals surface area contributed by atoms with Crippen LogP contribution < -0.4 is 0 Å². The molecule has 0 spiro atoms. The Morgan fingerprint density at radius 2 is 1.71 bits per heavy atom. The van der Waals surface area contributed by atoms with E-state index in [1.54, 1.807) is 7.11 Å². The molecule has 0 radical (unpaired) electrons. The van der Waals surface area contributed by atoms with Crippen LogP contribution in [0.3, 0.4) is 0 Å². The number of hydrogen-bond donors (Lipinski definition) is 0. The lowest BCUT2D eigenvalue weighted by Gasteiger charge is -2.38. The zero-order valence-electron chi connectivity index (χ0n) is 18.7. The summed E-state index contributed by atoms with van der Waals surface area (Å²) in [4.78, 5) is 31.3. The molecule has 2 unspecified atom stereocenters. The Kier molecular flexibility index (Phi) is 6.12. The van der Waals surface area contributed by atoms with Gasteiger partial charge in [0.25, 0.3) is 5.91 Å². The molecule has 0 aromatic heterocycles. The van der Waals surface area contributed by atoms with Crippen LogP contribution in [0.5, 0.6) is 0 Å². The van der Waals surface area contributed by atoms with Gasteiger partial charge in [0.1, 0.15) is 6.10 Å². The first-order valence-corrected chi connectivity index (χ1v) is 10.8. The molecule has 3 atom stereocenters. The fourth-order valence-electron chi connectivity index (χ4n) is 5.02. The van der Waals surface area contributed by atoms with Crippen molar-refractivity contribution < 1.29 is 14.3 Å². The minimum atomic E-state index is -0.250. The Balaban J connectivity index is 1.45. The summed E-state index contributed by atoms with van der Waals surface area (Å²) in [6, 6.07) is 0.543. The van der Waals surface area contributed by atoms with E-state index in [-0.39, 0.29) is 28.7 Å². The van der Waals surface area contributed by atoms with Crippen molar-refractivity contribution in [3.05, 3.63) is 0 Å². The molecule has 3 fully saturated rings. The molecule has 2 amide bonds. The maximum atomic E-state index is 12.6. The third-order valence-electron chi connectivity index (χ3n) is 6.33. The van der Waals surface area contributed by atoms with E-state index in [1.807, 2.05) is 9.80 Å². The Morgan fingerprint density at radius 3 is 2.29 bits per heavy atom. The summed E-state index contributed by atoms with van der Waals surface area (Å²) in [7, 11) is 1.62. The molecular weight excluding hydrogens is 354 g/mol. The number of rotatable bonds is 7. The average Bonchev–Trinajstić information content (AvgIpc) is 3.24. The van der Waals surface area contributed by atoms with Crippen LogP contribution >= 0.6 is 0 Å². The third kappa shape index (κ3) is 5.26. The van der Waals surface area contributed by atoms with Crippen molar-refractivity contribution in [1.82, 2.24) is 14.7 Å². The first-order valence-electron chi connectivity index (χ1n) is 10.8. The van der Waals surface area contributed by atoms with Gasteiger partial charge in [-0.3, -0.25) is 14.5 Å². The quantitative estimate of drug-likeness (QED) is 0.666. The number of ether oxygens (including phenoxy) is 1. The highest BCUT2D eigenvalue weighted by atomic mass is 16.5. The van der Waals surface area contributed by atoms with Crippen molar-refractivity contribution in [3.63, 3.8) is 0 Å². The van der Waals surface area contributed by atoms with Crippen LogP contribution in [0.25, 0.3) is 0 Å². The van der Waals surface area contributed by atoms with E-state index >= 15 is 0 Å². The summed E-state index contributed by atoms with van der Waals surface area (Å²) in [6.45, 7) is 15.9. The molecule has 28 heavy (non-hydrogen) atoms. The Morgan fingerprint density at radius 1 is 1.00 bits per heavy atom. The second-order valence-corrected chi connectivity index (χ2v) is 11.1. The number of methoxy groups -OCH3 is 1. The zero-order chi connectivity index (χ0) is 20.7. The molecule has 2 aliphatic heterocycles. The van der Waals surface area contributed by atoms with Crippen LogP contribution in [0.2, 0.25) is 0 Å². The van der Waals surface area contributed by atoms with Gasteiger partial charge in [-0.2, -0.15) is 0 Å². The van der Waals surface area contributed by atoms with Gasteiger partial charge in [-0.25, -0.2) is 0 Å². The standard InChI is InChI=1S/C22H39N3O3/c1-21(2,3)14-24-10-9-23(13-19(24)26)17-11-16(17)12-22(4,5)15-25-8-7-18(28-6)20(25)27/h16-18H,7-15H2,1-6H3/t16?,17?,18-/m0/s1. The first kappa shape index (κ1) is 21.6. The highest BCUT2D eigenvalue weighted by molar-refractivity contribution is 5.83. The largest absolute Gasteiger partial charge is 0.372 e. The molecule has 6 heteroatoms. The molecule has 2 heterocycles. The predicted octanol–water partition coefficient (Wildman–Crippen LogP) is 2.23. The summed E-state index contributed by atoms with van der Waals surface area (Å²) in [6.07, 6.45) is 2.85. The van der Waals surface area contributed by atoms with E-state index in [4.69, 9.17) is 4.74 Å². The summed E-state index contributed by atoms with van der Waals surface area (Å²) < 4.78 is 5.27. The molecule has 0 bridgehead atoms. The molecule has 0 aromatic rings. The summed E-state index contributed by atoms with van der Waals surface area (Å²) >= 11 is 0. The minimum absolute atomic E-state index is 0.0930. The third-order valence-corrected chi connectivity index (χ3v) is 6.33. The minimum Gasteiger partial charge on any atom is -0.372 e. The summed E-state index contributed by atoms with van der Waals surface area (Å²) in [5.41, 5.74) is 0.245. The molecule has 6 nitrogen and oxygen atoms in total. The molecule has 1 aliphatic carbocycles. The zero-order valence-corrected chi connectivity index (χ0v) is 18.7. The van der Waals surface area contributed by atoms with Crippen LogP contribution in [-0.2, 0) is 14.3 Å². The van der Waals surface area contributed by atoms with Crippen molar-refractivity contribution in [2.45, 2.75) is 66.0 Å². The van der Waals surface area contributed by atoms with Gasteiger partial charge in [0.2, 0.25) is 5.91 Å². The van der Waals surface area contributed by atoms with Gasteiger partial charge in [-0.1, -0.05) is 34.6 Å². The van der Waals surface area contributed by atoms with Gasteiger partial charge in [0.15, 0.2) is 0 Å². The molecule has 3 rings (SSSR count). The van der Waals surface area contributed by atoms with E-state index < -0.39 is 0 Å². The first-order chi connectivity index (χ1) is 13.0. The second-order valence-electron chi connectivity index (χ2n) is 11.1. The van der Waals surface area contributed by atoms with Crippen molar-refractivity contribution >= 4 is 11.8 Å². The average molecular weight is 394 g/mol. The Bertz CT molecular complexity index is 598. The lowest BCUT2D eigenvalue weighted by Crippen LogP contribution is -2.53. The normalized spacial score (nSPS) is 29.7. The lowest BCUT2D eigenvalue weighted by molar-refractivity contribution is -0.138. The highest BCUT2D eigenvalue weighted by Crippen LogP contribution is 2.44. The van der Waals surface area contributed by atoms with Crippen LogP contribution in [0.4, 0.5) is 0 Å². The maximum absolute atomic E-state index is 12.6. The molecule has 160 valence electrons. The van der Waals surface area contributed by atoms with Crippen LogP contribution in [0.1, 0.15) is 53.9 Å². The van der Waals surface area contributed by atoms with Crippen molar-refractivity contribution in [1.29, 1.82) is 0 Å². The Hall–Kier alpha value is -1.14. The van der Waals surface area contributed by atoms with E-state index in [1.165, 1.54) is 6.42 Å². The second kappa shape index (κ2) is 7.94. The number of amides is 2. The van der Waals surface area contributed by atoms with Crippen LogP contribution in [-0.4, -0.2) is 85.0 Å². The summed E-state index contributed by atoms with van der Waals surface area (Å²) in [5.74, 6) is 1.07. The number of piperazine rings is 1. The molecule has 1 saturated carbocycles. The fourth-order valence-corrected chi connectivity index (χ4v) is 5.02. The van der Waals surface area contributed by atoms with E-state index in [0.717, 1.165) is 45.6 Å². The van der Waals surface area contributed by atoms with Crippen molar-refractivity contribution in [2.24, 2.45) is 16.7 Å². The van der Waals surface area contributed by atoms with Gasteiger partial charge in [0, 0.05) is 52.3 Å². The van der Waals surface area contributed by atoms with Crippen LogP contribution in [0.15, 0.2) is 0 Å². The highest BCUT2D eigenvalue weighted by Gasteiger charge is 2.47. The van der Waals surface area contributed by atoms with Gasteiger partial charge in [0.05, 0.1) is 6.54 Å². The molecule has 0 N–H and O–H groups in total. The maximum Gasteiger partial charge on any atom is 0.251 e. The molecule has 3 aliphatic rings. The van der Waals surface area contributed by atoms with Gasteiger partial charge < -0.3 is 14.5 Å². The number of nitrogens with zero attached hydrogens (tertiary/aromatic N) is 3. The van der Waals surface area contributed by atoms with E-state index in [0.29, 0.717) is 18.5 Å². The fraction of sp³-hybridized carbons (Fsp3) is 0.909. The monoisotopic (exact) mass is 393 g/mol.